The molecule has 0 amide bonds. The Morgan fingerprint density at radius 1 is 1.23 bits per heavy atom. The topological polar surface area (TPSA) is 37.3 Å². The van der Waals surface area contributed by atoms with Crippen molar-refractivity contribution < 1.29 is 9.67 Å². The average molecular weight is 198 g/mol. The summed E-state index contributed by atoms with van der Waals surface area (Å²) in [5.41, 5.74) is 0. The summed E-state index contributed by atoms with van der Waals surface area (Å²) in [5.74, 6) is 0.140. The summed E-state index contributed by atoms with van der Waals surface area (Å²) < 4.78 is 11.9. The van der Waals surface area contributed by atoms with Gasteiger partial charge in [-0.15, -0.1) is 0 Å². The van der Waals surface area contributed by atoms with E-state index in [4.69, 9.17) is 0 Å². The highest BCUT2D eigenvalue weighted by Crippen LogP contribution is 2.39. The minimum absolute atomic E-state index is 0.140. The standard InChI is InChI=1S/C10H15O2P/c1-10(2,3)13(12)9-7-5-4-6-8(9)11/h4-7,11,13H,1-3H3. The third-order valence-electron chi connectivity index (χ3n) is 1.83. The molecule has 0 fully saturated rings. The largest absolute Gasteiger partial charge is 0.507 e. The van der Waals surface area contributed by atoms with Crippen LogP contribution in [0.2, 0.25) is 0 Å². The van der Waals surface area contributed by atoms with Gasteiger partial charge in [-0.2, -0.15) is 0 Å². The summed E-state index contributed by atoms with van der Waals surface area (Å²) in [6, 6.07) is 6.82. The van der Waals surface area contributed by atoms with E-state index >= 15 is 0 Å². The molecule has 0 heterocycles. The Bertz CT molecular complexity index is 326. The van der Waals surface area contributed by atoms with E-state index in [1.807, 2.05) is 20.8 Å². The minimum atomic E-state index is -1.91. The van der Waals surface area contributed by atoms with Crippen molar-refractivity contribution in [3.63, 3.8) is 0 Å². The van der Waals surface area contributed by atoms with Crippen LogP contribution in [0.25, 0.3) is 0 Å². The Labute approximate surface area is 79.4 Å². The van der Waals surface area contributed by atoms with Crippen molar-refractivity contribution >= 4 is 13.1 Å². The number of para-hydroxylation sites is 1. The predicted octanol–water partition coefficient (Wildman–Crippen LogP) is 2.38. The van der Waals surface area contributed by atoms with E-state index in [1.54, 1.807) is 24.3 Å². The first-order valence-corrected chi connectivity index (χ1v) is 5.66. The Morgan fingerprint density at radius 2 is 1.77 bits per heavy atom. The second kappa shape index (κ2) is 3.55. The van der Waals surface area contributed by atoms with Gasteiger partial charge >= 0.3 is 0 Å². The van der Waals surface area contributed by atoms with E-state index < -0.39 is 7.80 Å². The molecule has 72 valence electrons. The van der Waals surface area contributed by atoms with Crippen molar-refractivity contribution in [1.29, 1.82) is 0 Å². The molecule has 0 radical (unpaired) electrons. The molecule has 0 bridgehead atoms. The highest BCUT2D eigenvalue weighted by molar-refractivity contribution is 7.55. The van der Waals surface area contributed by atoms with E-state index in [1.165, 1.54) is 0 Å². The SMILES string of the molecule is CC(C)(C)[PH](=O)c1ccccc1O. The van der Waals surface area contributed by atoms with Crippen LogP contribution in [0.15, 0.2) is 24.3 Å². The zero-order valence-electron chi connectivity index (χ0n) is 8.16. The molecule has 1 aromatic carbocycles. The molecule has 1 aromatic rings. The van der Waals surface area contributed by atoms with Gasteiger partial charge < -0.3 is 9.67 Å². The Balaban J connectivity index is 3.10. The molecule has 1 N–H and O–H groups in total. The zero-order valence-corrected chi connectivity index (χ0v) is 9.16. The van der Waals surface area contributed by atoms with Crippen molar-refractivity contribution in [1.82, 2.24) is 0 Å². The molecule has 0 saturated heterocycles. The molecular weight excluding hydrogens is 183 g/mol. The van der Waals surface area contributed by atoms with Crippen molar-refractivity contribution in [2.24, 2.45) is 0 Å². The zero-order chi connectivity index (χ0) is 10.1. The van der Waals surface area contributed by atoms with Crippen molar-refractivity contribution in [2.75, 3.05) is 0 Å². The molecular formula is C10H15O2P. The maximum Gasteiger partial charge on any atom is 0.126 e. The highest BCUT2D eigenvalue weighted by atomic mass is 31.1. The second-order valence-corrected chi connectivity index (χ2v) is 6.79. The third kappa shape index (κ3) is 2.35. The van der Waals surface area contributed by atoms with Crippen molar-refractivity contribution in [3.05, 3.63) is 24.3 Å². The van der Waals surface area contributed by atoms with Gasteiger partial charge in [-0.25, -0.2) is 0 Å². The first-order chi connectivity index (χ1) is 5.93. The van der Waals surface area contributed by atoms with Crippen LogP contribution in [0.1, 0.15) is 20.8 Å². The molecule has 3 heteroatoms. The van der Waals surface area contributed by atoms with Crippen LogP contribution in [0, 0.1) is 0 Å². The van der Waals surface area contributed by atoms with Gasteiger partial charge in [-0.3, -0.25) is 0 Å². The number of hydrogen-bond donors (Lipinski definition) is 1. The smallest absolute Gasteiger partial charge is 0.126 e. The molecule has 0 spiro atoms. The summed E-state index contributed by atoms with van der Waals surface area (Å²) in [6.45, 7) is 5.75. The number of benzene rings is 1. The molecule has 0 aromatic heterocycles. The Kier molecular flexibility index (Phi) is 2.82. The highest BCUT2D eigenvalue weighted by Gasteiger charge is 2.22. The normalized spacial score (nSPS) is 14.1. The van der Waals surface area contributed by atoms with Crippen molar-refractivity contribution in [2.45, 2.75) is 25.9 Å². The summed E-state index contributed by atoms with van der Waals surface area (Å²) in [7, 11) is -1.91. The van der Waals surface area contributed by atoms with Gasteiger partial charge in [0.05, 0.1) is 5.30 Å². The van der Waals surface area contributed by atoms with Crippen molar-refractivity contribution in [3.8, 4) is 5.75 Å². The van der Waals surface area contributed by atoms with E-state index in [2.05, 4.69) is 0 Å². The number of phenolic OH excluding ortho intramolecular Hbond substituents is 1. The van der Waals surface area contributed by atoms with Gasteiger partial charge in [0.1, 0.15) is 13.6 Å². The molecule has 13 heavy (non-hydrogen) atoms. The Hall–Kier alpha value is -0.750. The average Bonchev–Trinajstić information content (AvgIpc) is 2.02. The lowest BCUT2D eigenvalue weighted by molar-refractivity contribution is 0.478. The van der Waals surface area contributed by atoms with E-state index in [9.17, 15) is 9.67 Å². The molecule has 0 saturated carbocycles. The lowest BCUT2D eigenvalue weighted by Gasteiger charge is -2.18. The van der Waals surface area contributed by atoms with E-state index in [0.29, 0.717) is 5.30 Å². The van der Waals surface area contributed by atoms with Crippen LogP contribution < -0.4 is 5.30 Å². The summed E-state index contributed by atoms with van der Waals surface area (Å²) in [5, 5.41) is 9.79. The van der Waals surface area contributed by atoms with Gasteiger partial charge in [0.25, 0.3) is 0 Å². The summed E-state index contributed by atoms with van der Waals surface area (Å²) in [4.78, 5) is 0. The molecule has 1 unspecified atom stereocenters. The lowest BCUT2D eigenvalue weighted by Crippen LogP contribution is -2.14. The molecule has 0 aliphatic heterocycles. The van der Waals surface area contributed by atoms with Gasteiger partial charge in [-0.1, -0.05) is 32.9 Å². The molecule has 1 rings (SSSR count). The van der Waals surface area contributed by atoms with Gasteiger partial charge in [0.15, 0.2) is 0 Å². The monoisotopic (exact) mass is 198 g/mol. The number of rotatable bonds is 1. The molecule has 2 nitrogen and oxygen atoms in total. The van der Waals surface area contributed by atoms with Gasteiger partial charge in [-0.05, 0) is 12.1 Å². The first kappa shape index (κ1) is 10.3. The first-order valence-electron chi connectivity index (χ1n) is 4.26. The number of aromatic hydroxyl groups is 1. The number of hydrogen-bond acceptors (Lipinski definition) is 2. The number of phenols is 1. The lowest BCUT2D eigenvalue weighted by atomic mass is 10.3. The van der Waals surface area contributed by atoms with E-state index in [-0.39, 0.29) is 10.9 Å². The fourth-order valence-corrected chi connectivity index (χ4v) is 2.44. The molecule has 0 aliphatic carbocycles. The third-order valence-corrected chi connectivity index (χ3v) is 4.10. The van der Waals surface area contributed by atoms with Crippen LogP contribution in [0.5, 0.6) is 5.75 Å². The fourth-order valence-electron chi connectivity index (χ4n) is 1.07. The van der Waals surface area contributed by atoms with Gasteiger partial charge in [0.2, 0.25) is 0 Å². The van der Waals surface area contributed by atoms with Crippen LogP contribution >= 0.6 is 7.80 Å². The minimum Gasteiger partial charge on any atom is -0.507 e. The maximum absolute atomic E-state index is 11.9. The predicted molar refractivity (Wildman–Crippen MR) is 56.5 cm³/mol. The summed E-state index contributed by atoms with van der Waals surface area (Å²) >= 11 is 0. The van der Waals surface area contributed by atoms with Crippen LogP contribution in [-0.4, -0.2) is 10.3 Å². The molecule has 0 aliphatic rings. The quantitative estimate of drug-likeness (QED) is 0.703. The maximum atomic E-state index is 11.9. The van der Waals surface area contributed by atoms with E-state index in [0.717, 1.165) is 0 Å². The molecule has 1 atom stereocenters. The summed E-state index contributed by atoms with van der Waals surface area (Å²) in [6.07, 6.45) is 0. The Morgan fingerprint density at radius 3 is 2.23 bits per heavy atom. The second-order valence-electron chi connectivity index (χ2n) is 4.10. The van der Waals surface area contributed by atoms with Crippen LogP contribution in [-0.2, 0) is 4.57 Å². The van der Waals surface area contributed by atoms with Crippen LogP contribution in [0.4, 0.5) is 0 Å². The van der Waals surface area contributed by atoms with Gasteiger partial charge in [0, 0.05) is 5.16 Å². The fraction of sp³-hybridized carbons (Fsp3) is 0.400. The van der Waals surface area contributed by atoms with Crippen LogP contribution in [0.3, 0.4) is 0 Å².